The normalized spacial score (nSPS) is 10.2. The summed E-state index contributed by atoms with van der Waals surface area (Å²) >= 11 is 0. The fraction of sp³-hybridized carbons (Fsp3) is 0.333. The summed E-state index contributed by atoms with van der Waals surface area (Å²) < 4.78 is 10.5. The van der Waals surface area contributed by atoms with Crippen molar-refractivity contribution in [1.82, 2.24) is 9.88 Å². The van der Waals surface area contributed by atoms with Crippen LogP contribution < -0.4 is 9.47 Å². The number of aryl methyl sites for hydroxylation is 1. The van der Waals surface area contributed by atoms with E-state index in [2.05, 4.69) is 4.98 Å². The summed E-state index contributed by atoms with van der Waals surface area (Å²) in [7, 11) is 5.02. The molecule has 0 aliphatic rings. The molecule has 0 saturated carbocycles. The van der Waals surface area contributed by atoms with E-state index in [1.807, 2.05) is 37.4 Å². The molecule has 1 aromatic carbocycles. The molecule has 5 heteroatoms. The van der Waals surface area contributed by atoms with E-state index in [4.69, 9.17) is 9.47 Å². The van der Waals surface area contributed by atoms with Gasteiger partial charge in [-0.1, -0.05) is 12.1 Å². The van der Waals surface area contributed by atoms with E-state index >= 15 is 0 Å². The van der Waals surface area contributed by atoms with Gasteiger partial charge in [0.1, 0.15) is 0 Å². The average molecular weight is 314 g/mol. The Hall–Kier alpha value is -2.56. The predicted octanol–water partition coefficient (Wildman–Crippen LogP) is 2.69. The van der Waals surface area contributed by atoms with Gasteiger partial charge in [0.25, 0.3) is 0 Å². The van der Waals surface area contributed by atoms with Crippen LogP contribution >= 0.6 is 0 Å². The first kappa shape index (κ1) is 16.8. The Morgan fingerprint density at radius 2 is 1.91 bits per heavy atom. The van der Waals surface area contributed by atoms with Gasteiger partial charge in [-0.05, 0) is 35.7 Å². The standard InChI is InChI=1S/C18H22N2O3/c1-20(13-15-5-4-10-19-12-15)18(21)9-7-14-6-8-16(22-2)17(11-14)23-3/h4-6,8,10-12H,7,9,13H2,1-3H3. The number of nitrogens with zero attached hydrogens (tertiary/aromatic N) is 2. The van der Waals surface area contributed by atoms with Crippen molar-refractivity contribution in [1.29, 1.82) is 0 Å². The van der Waals surface area contributed by atoms with E-state index in [1.54, 1.807) is 31.5 Å². The van der Waals surface area contributed by atoms with Crippen molar-refractivity contribution in [2.75, 3.05) is 21.3 Å². The van der Waals surface area contributed by atoms with E-state index in [0.717, 1.165) is 11.1 Å². The summed E-state index contributed by atoms with van der Waals surface area (Å²) in [6, 6.07) is 9.56. The van der Waals surface area contributed by atoms with Gasteiger partial charge in [-0.3, -0.25) is 9.78 Å². The van der Waals surface area contributed by atoms with Crippen molar-refractivity contribution in [3.8, 4) is 11.5 Å². The van der Waals surface area contributed by atoms with E-state index in [9.17, 15) is 4.79 Å². The smallest absolute Gasteiger partial charge is 0.222 e. The van der Waals surface area contributed by atoms with Gasteiger partial charge >= 0.3 is 0 Å². The Morgan fingerprint density at radius 3 is 2.57 bits per heavy atom. The maximum absolute atomic E-state index is 12.2. The number of methoxy groups -OCH3 is 2. The second-order valence-corrected chi connectivity index (χ2v) is 5.30. The molecule has 122 valence electrons. The van der Waals surface area contributed by atoms with Gasteiger partial charge in [0.15, 0.2) is 11.5 Å². The lowest BCUT2D eigenvalue weighted by Gasteiger charge is -2.17. The van der Waals surface area contributed by atoms with Gasteiger partial charge in [-0.2, -0.15) is 0 Å². The molecule has 0 N–H and O–H groups in total. The van der Waals surface area contributed by atoms with E-state index < -0.39 is 0 Å². The fourth-order valence-electron chi connectivity index (χ4n) is 2.33. The van der Waals surface area contributed by atoms with Gasteiger partial charge in [-0.15, -0.1) is 0 Å². The van der Waals surface area contributed by atoms with Crippen LogP contribution in [-0.2, 0) is 17.8 Å². The Morgan fingerprint density at radius 1 is 1.13 bits per heavy atom. The maximum Gasteiger partial charge on any atom is 0.222 e. The van der Waals surface area contributed by atoms with Crippen molar-refractivity contribution in [2.24, 2.45) is 0 Å². The zero-order valence-corrected chi connectivity index (χ0v) is 13.8. The van der Waals surface area contributed by atoms with Crippen LogP contribution in [0.15, 0.2) is 42.7 Å². The minimum Gasteiger partial charge on any atom is -0.493 e. The van der Waals surface area contributed by atoms with Crippen molar-refractivity contribution >= 4 is 5.91 Å². The lowest BCUT2D eigenvalue weighted by Crippen LogP contribution is -2.26. The van der Waals surface area contributed by atoms with Crippen molar-refractivity contribution < 1.29 is 14.3 Å². The lowest BCUT2D eigenvalue weighted by molar-refractivity contribution is -0.130. The molecule has 0 aliphatic carbocycles. The number of benzene rings is 1. The monoisotopic (exact) mass is 314 g/mol. The predicted molar refractivity (Wildman–Crippen MR) is 88.6 cm³/mol. The molecule has 1 aromatic heterocycles. The van der Waals surface area contributed by atoms with Crippen molar-refractivity contribution in [3.63, 3.8) is 0 Å². The van der Waals surface area contributed by atoms with Crippen molar-refractivity contribution in [2.45, 2.75) is 19.4 Å². The fourth-order valence-corrected chi connectivity index (χ4v) is 2.33. The number of ether oxygens (including phenoxy) is 2. The van der Waals surface area contributed by atoms with Gasteiger partial charge in [0, 0.05) is 32.4 Å². The van der Waals surface area contributed by atoms with Gasteiger partial charge in [0.05, 0.1) is 14.2 Å². The zero-order chi connectivity index (χ0) is 16.7. The number of aromatic nitrogens is 1. The summed E-state index contributed by atoms with van der Waals surface area (Å²) in [5.74, 6) is 1.47. The maximum atomic E-state index is 12.2. The number of hydrogen-bond donors (Lipinski definition) is 0. The summed E-state index contributed by atoms with van der Waals surface area (Å²) in [6.45, 7) is 0.568. The minimum atomic E-state index is 0.101. The molecule has 0 fully saturated rings. The third-order valence-corrected chi connectivity index (χ3v) is 3.64. The van der Waals surface area contributed by atoms with E-state index in [-0.39, 0.29) is 5.91 Å². The van der Waals surface area contributed by atoms with Crippen molar-refractivity contribution in [3.05, 3.63) is 53.9 Å². The molecule has 0 aliphatic heterocycles. The topological polar surface area (TPSA) is 51.7 Å². The SMILES string of the molecule is COc1ccc(CCC(=O)N(C)Cc2cccnc2)cc1OC. The van der Waals surface area contributed by atoms with Crippen LogP contribution in [0.25, 0.3) is 0 Å². The van der Waals surface area contributed by atoms with Crippen LogP contribution in [0.4, 0.5) is 0 Å². The van der Waals surface area contributed by atoms with Gasteiger partial charge in [-0.25, -0.2) is 0 Å². The molecule has 0 saturated heterocycles. The molecule has 1 amide bonds. The van der Waals surface area contributed by atoms with Crippen LogP contribution in [-0.4, -0.2) is 37.1 Å². The highest BCUT2D eigenvalue weighted by molar-refractivity contribution is 5.76. The Bertz CT molecular complexity index is 644. The largest absolute Gasteiger partial charge is 0.493 e. The highest BCUT2D eigenvalue weighted by atomic mass is 16.5. The third kappa shape index (κ3) is 4.71. The van der Waals surface area contributed by atoms with Crippen LogP contribution in [0, 0.1) is 0 Å². The Balaban J connectivity index is 1.91. The van der Waals surface area contributed by atoms with Crippen LogP contribution in [0.1, 0.15) is 17.5 Å². The van der Waals surface area contributed by atoms with Crippen LogP contribution in [0.2, 0.25) is 0 Å². The zero-order valence-electron chi connectivity index (χ0n) is 13.8. The molecule has 23 heavy (non-hydrogen) atoms. The molecule has 1 heterocycles. The number of carbonyl (C=O) groups is 1. The highest BCUT2D eigenvalue weighted by Crippen LogP contribution is 2.28. The molecular formula is C18H22N2O3. The second-order valence-electron chi connectivity index (χ2n) is 5.30. The summed E-state index contributed by atoms with van der Waals surface area (Å²) in [4.78, 5) is 18.0. The summed E-state index contributed by atoms with van der Waals surface area (Å²) in [6.07, 6.45) is 4.61. The van der Waals surface area contributed by atoms with Gasteiger partial charge < -0.3 is 14.4 Å². The second kappa shape index (κ2) is 8.17. The molecule has 5 nitrogen and oxygen atoms in total. The Labute approximate surface area is 136 Å². The number of amides is 1. The number of pyridine rings is 1. The molecule has 0 unspecified atom stereocenters. The summed E-state index contributed by atoms with van der Waals surface area (Å²) in [5.41, 5.74) is 2.07. The molecule has 2 aromatic rings. The van der Waals surface area contributed by atoms with Crippen LogP contribution in [0.5, 0.6) is 11.5 Å². The quantitative estimate of drug-likeness (QED) is 0.788. The first-order chi connectivity index (χ1) is 11.1. The van der Waals surface area contributed by atoms with E-state index in [0.29, 0.717) is 30.9 Å². The van der Waals surface area contributed by atoms with Gasteiger partial charge in [0.2, 0.25) is 5.91 Å². The molecular weight excluding hydrogens is 292 g/mol. The average Bonchev–Trinajstić information content (AvgIpc) is 2.60. The first-order valence-corrected chi connectivity index (χ1v) is 7.48. The number of hydrogen-bond acceptors (Lipinski definition) is 4. The highest BCUT2D eigenvalue weighted by Gasteiger charge is 2.11. The minimum absolute atomic E-state index is 0.101. The Kier molecular flexibility index (Phi) is 5.97. The molecule has 0 atom stereocenters. The van der Waals surface area contributed by atoms with E-state index in [1.165, 1.54) is 0 Å². The molecule has 2 rings (SSSR count). The summed E-state index contributed by atoms with van der Waals surface area (Å²) in [5, 5.41) is 0. The third-order valence-electron chi connectivity index (χ3n) is 3.64. The first-order valence-electron chi connectivity index (χ1n) is 7.48. The molecule has 0 spiro atoms. The molecule has 0 bridgehead atoms. The number of rotatable bonds is 7. The number of carbonyl (C=O) groups excluding carboxylic acids is 1. The molecule has 0 radical (unpaired) electrons. The van der Waals surface area contributed by atoms with Crippen LogP contribution in [0.3, 0.4) is 0 Å². The lowest BCUT2D eigenvalue weighted by atomic mass is 10.1.